The normalized spacial score (nSPS) is 10.5. The van der Waals surface area contributed by atoms with Gasteiger partial charge in [-0.2, -0.15) is 0 Å². The van der Waals surface area contributed by atoms with Crippen LogP contribution in [0.2, 0.25) is 0 Å². The molecule has 19 heavy (non-hydrogen) atoms. The number of ether oxygens (including phenoxy) is 1. The molecule has 3 nitrogen and oxygen atoms in total. The van der Waals surface area contributed by atoms with Crippen LogP contribution in [-0.2, 0) is 0 Å². The zero-order chi connectivity index (χ0) is 13.8. The van der Waals surface area contributed by atoms with Crippen molar-refractivity contribution in [2.45, 2.75) is 20.0 Å². The number of nitrogens with one attached hydrogen (secondary N) is 1. The van der Waals surface area contributed by atoms with Crippen molar-refractivity contribution in [3.8, 4) is 5.75 Å². The lowest BCUT2D eigenvalue weighted by molar-refractivity contribution is 0.242. The zero-order valence-electron chi connectivity index (χ0n) is 11.0. The Morgan fingerprint density at radius 2 is 1.79 bits per heavy atom. The molecule has 0 aromatic heterocycles. The molecule has 0 bridgehead atoms. The van der Waals surface area contributed by atoms with Crippen LogP contribution in [0.3, 0.4) is 0 Å². The monoisotopic (exact) mass is 260 g/mol. The number of nitrogens with two attached hydrogens (primary N) is 1. The Morgan fingerprint density at radius 3 is 2.37 bits per heavy atom. The van der Waals surface area contributed by atoms with Crippen LogP contribution in [0.1, 0.15) is 13.8 Å². The third-order valence-corrected chi connectivity index (χ3v) is 2.52. The fourth-order valence-electron chi connectivity index (χ4n) is 1.69. The van der Waals surface area contributed by atoms with E-state index in [4.69, 9.17) is 10.5 Å². The van der Waals surface area contributed by atoms with Crippen LogP contribution in [-0.4, -0.2) is 6.10 Å². The van der Waals surface area contributed by atoms with Crippen LogP contribution < -0.4 is 15.8 Å². The molecule has 0 unspecified atom stereocenters. The first-order valence-electron chi connectivity index (χ1n) is 6.13. The fourth-order valence-corrected chi connectivity index (χ4v) is 1.69. The van der Waals surface area contributed by atoms with Gasteiger partial charge < -0.3 is 15.8 Å². The summed E-state index contributed by atoms with van der Waals surface area (Å²) in [4.78, 5) is 0. The topological polar surface area (TPSA) is 47.3 Å². The van der Waals surface area contributed by atoms with Crippen molar-refractivity contribution in [3.63, 3.8) is 0 Å². The summed E-state index contributed by atoms with van der Waals surface area (Å²) >= 11 is 0. The maximum Gasteiger partial charge on any atom is 0.125 e. The van der Waals surface area contributed by atoms with Gasteiger partial charge in [0.1, 0.15) is 11.6 Å². The molecule has 4 heteroatoms. The molecule has 2 aromatic carbocycles. The number of hydrogen-bond donors (Lipinski definition) is 2. The molecular weight excluding hydrogens is 243 g/mol. The molecule has 0 aliphatic rings. The smallest absolute Gasteiger partial charge is 0.125 e. The van der Waals surface area contributed by atoms with Crippen LogP contribution in [0.25, 0.3) is 0 Å². The molecule has 2 rings (SSSR count). The van der Waals surface area contributed by atoms with E-state index in [1.165, 1.54) is 12.1 Å². The van der Waals surface area contributed by atoms with Crippen molar-refractivity contribution in [1.29, 1.82) is 0 Å². The van der Waals surface area contributed by atoms with Crippen LogP contribution in [0.15, 0.2) is 42.5 Å². The second-order valence-corrected chi connectivity index (χ2v) is 4.55. The Hall–Kier alpha value is -2.23. The Morgan fingerprint density at radius 1 is 1.11 bits per heavy atom. The number of hydrogen-bond acceptors (Lipinski definition) is 3. The maximum atomic E-state index is 12.9. The second-order valence-electron chi connectivity index (χ2n) is 4.55. The Labute approximate surface area is 112 Å². The van der Waals surface area contributed by atoms with Gasteiger partial charge in [0.05, 0.1) is 17.5 Å². The van der Waals surface area contributed by atoms with Gasteiger partial charge in [-0.15, -0.1) is 0 Å². The van der Waals surface area contributed by atoms with E-state index in [9.17, 15) is 4.39 Å². The predicted octanol–water partition coefficient (Wildman–Crippen LogP) is 3.94. The van der Waals surface area contributed by atoms with Gasteiger partial charge in [-0.1, -0.05) is 0 Å². The van der Waals surface area contributed by atoms with Crippen molar-refractivity contribution in [2.75, 3.05) is 11.1 Å². The molecule has 0 heterocycles. The molecule has 0 atom stereocenters. The third-order valence-electron chi connectivity index (χ3n) is 2.52. The maximum absolute atomic E-state index is 12.9. The summed E-state index contributed by atoms with van der Waals surface area (Å²) < 4.78 is 18.5. The minimum absolute atomic E-state index is 0.145. The van der Waals surface area contributed by atoms with Gasteiger partial charge in [-0.25, -0.2) is 4.39 Å². The summed E-state index contributed by atoms with van der Waals surface area (Å²) in [6, 6.07) is 11.8. The number of anilines is 3. The molecule has 0 fully saturated rings. The third kappa shape index (κ3) is 3.61. The first-order valence-corrected chi connectivity index (χ1v) is 6.13. The summed E-state index contributed by atoms with van der Waals surface area (Å²) in [7, 11) is 0. The molecule has 0 amide bonds. The molecule has 0 radical (unpaired) electrons. The first-order chi connectivity index (χ1) is 9.04. The van der Waals surface area contributed by atoms with E-state index in [-0.39, 0.29) is 11.9 Å². The van der Waals surface area contributed by atoms with E-state index < -0.39 is 0 Å². The van der Waals surface area contributed by atoms with Gasteiger partial charge in [0.15, 0.2) is 0 Å². The zero-order valence-corrected chi connectivity index (χ0v) is 11.0. The van der Waals surface area contributed by atoms with Gasteiger partial charge in [-0.05, 0) is 56.3 Å². The highest BCUT2D eigenvalue weighted by molar-refractivity contribution is 5.72. The number of rotatable bonds is 4. The van der Waals surface area contributed by atoms with Crippen LogP contribution in [0.4, 0.5) is 21.5 Å². The van der Waals surface area contributed by atoms with Gasteiger partial charge in [-0.3, -0.25) is 0 Å². The van der Waals surface area contributed by atoms with E-state index in [0.29, 0.717) is 11.4 Å². The molecule has 100 valence electrons. The second kappa shape index (κ2) is 5.61. The quantitative estimate of drug-likeness (QED) is 0.818. The van der Waals surface area contributed by atoms with E-state index in [2.05, 4.69) is 5.32 Å². The molecule has 0 saturated heterocycles. The van der Waals surface area contributed by atoms with Crippen LogP contribution in [0.5, 0.6) is 5.75 Å². The molecule has 0 aliphatic carbocycles. The van der Waals surface area contributed by atoms with Crippen molar-refractivity contribution < 1.29 is 9.13 Å². The minimum Gasteiger partial charge on any atom is -0.491 e. The minimum atomic E-state index is -0.344. The Balaban J connectivity index is 2.10. The van der Waals surface area contributed by atoms with Crippen LogP contribution >= 0.6 is 0 Å². The largest absolute Gasteiger partial charge is 0.491 e. The average Bonchev–Trinajstić information content (AvgIpc) is 2.34. The van der Waals surface area contributed by atoms with Crippen molar-refractivity contribution in [1.82, 2.24) is 0 Å². The lowest BCUT2D eigenvalue weighted by Gasteiger charge is -2.12. The van der Waals surface area contributed by atoms with Crippen LogP contribution in [0, 0.1) is 5.82 Å². The fraction of sp³-hybridized carbons (Fsp3) is 0.200. The first kappa shape index (κ1) is 13.2. The van der Waals surface area contributed by atoms with E-state index in [1.54, 1.807) is 6.07 Å². The summed E-state index contributed by atoms with van der Waals surface area (Å²) in [6.45, 7) is 3.96. The van der Waals surface area contributed by atoms with E-state index in [0.717, 1.165) is 11.4 Å². The van der Waals surface area contributed by atoms with E-state index in [1.807, 2.05) is 38.1 Å². The van der Waals surface area contributed by atoms with Crippen molar-refractivity contribution in [3.05, 3.63) is 48.3 Å². The molecule has 2 aromatic rings. The van der Waals surface area contributed by atoms with Crippen molar-refractivity contribution in [2.24, 2.45) is 0 Å². The lowest BCUT2D eigenvalue weighted by atomic mass is 10.2. The van der Waals surface area contributed by atoms with Gasteiger partial charge in [0.25, 0.3) is 0 Å². The lowest BCUT2D eigenvalue weighted by Crippen LogP contribution is -2.05. The summed E-state index contributed by atoms with van der Waals surface area (Å²) in [5, 5.41) is 3.13. The molecule has 0 aliphatic heterocycles. The summed E-state index contributed by atoms with van der Waals surface area (Å²) in [6.07, 6.45) is 0.145. The number of nitrogen functional groups attached to an aromatic ring is 1. The highest BCUT2D eigenvalue weighted by Gasteiger charge is 2.02. The molecular formula is C15H17FN2O. The average molecular weight is 260 g/mol. The standard InChI is InChI=1S/C15H17FN2O/c1-10(2)19-13-6-4-12(5-7-13)18-15-8-3-11(16)9-14(15)17/h3-10,18H,17H2,1-2H3. The molecule has 0 spiro atoms. The van der Waals surface area contributed by atoms with Gasteiger partial charge >= 0.3 is 0 Å². The summed E-state index contributed by atoms with van der Waals surface area (Å²) in [5.41, 5.74) is 7.66. The summed E-state index contributed by atoms with van der Waals surface area (Å²) in [5.74, 6) is 0.469. The van der Waals surface area contributed by atoms with E-state index >= 15 is 0 Å². The Kier molecular flexibility index (Phi) is 3.90. The number of halogens is 1. The van der Waals surface area contributed by atoms with Gasteiger partial charge in [0.2, 0.25) is 0 Å². The highest BCUT2D eigenvalue weighted by atomic mass is 19.1. The Bertz CT molecular complexity index is 553. The number of benzene rings is 2. The predicted molar refractivity (Wildman–Crippen MR) is 76.3 cm³/mol. The van der Waals surface area contributed by atoms with Crippen molar-refractivity contribution >= 4 is 17.1 Å². The molecule has 0 saturated carbocycles. The van der Waals surface area contributed by atoms with Gasteiger partial charge in [0, 0.05) is 5.69 Å². The highest BCUT2D eigenvalue weighted by Crippen LogP contribution is 2.25. The molecule has 3 N–H and O–H groups in total. The SMILES string of the molecule is CC(C)Oc1ccc(Nc2ccc(F)cc2N)cc1.